The summed E-state index contributed by atoms with van der Waals surface area (Å²) in [6, 6.07) is 3.52. The van der Waals surface area contributed by atoms with Crippen LogP contribution in [0.25, 0.3) is 10.2 Å². The normalized spacial score (nSPS) is 11.0. The molecule has 0 aliphatic carbocycles. The number of hydrogen-bond donors (Lipinski definition) is 1. The summed E-state index contributed by atoms with van der Waals surface area (Å²) in [5.74, 6) is -1.09. The van der Waals surface area contributed by atoms with Crippen LogP contribution >= 0.6 is 23.1 Å². The highest BCUT2D eigenvalue weighted by Crippen LogP contribution is 2.21. The van der Waals surface area contributed by atoms with E-state index in [-0.39, 0.29) is 11.3 Å². The van der Waals surface area contributed by atoms with Crippen molar-refractivity contribution >= 4 is 39.3 Å². The third-order valence-electron chi connectivity index (χ3n) is 2.78. The Morgan fingerprint density at radius 2 is 2.33 bits per heavy atom. The summed E-state index contributed by atoms with van der Waals surface area (Å²) < 4.78 is 7.05. The molecule has 0 aliphatic heterocycles. The lowest BCUT2D eigenvalue weighted by Crippen LogP contribution is -2.23. The molecule has 0 amide bonds. The maximum absolute atomic E-state index is 12.5. The predicted molar refractivity (Wildman–Crippen MR) is 80.0 cm³/mol. The molecule has 3 heterocycles. The lowest BCUT2D eigenvalue weighted by atomic mass is 10.3. The zero-order valence-corrected chi connectivity index (χ0v) is 12.3. The average Bonchev–Trinajstić information content (AvgIpc) is 3.11. The third-order valence-corrected chi connectivity index (χ3v) is 4.63. The molecule has 0 aliphatic rings. The van der Waals surface area contributed by atoms with Gasteiger partial charge < -0.3 is 9.52 Å². The largest absolute Gasteiger partial charge is 0.481 e. The standard InChI is InChI=1S/C13H10N2O4S2/c16-10(17)7-21-13-14-9-2-4-20-11(9)12(18)15(13)5-8-1-3-19-6-8/h1-4,6H,5,7H2,(H,16,17). The van der Waals surface area contributed by atoms with Crippen LogP contribution in [-0.2, 0) is 11.3 Å². The molecule has 0 aromatic carbocycles. The van der Waals surface area contributed by atoms with Gasteiger partial charge in [-0.2, -0.15) is 0 Å². The second-order valence-corrected chi connectivity index (χ2v) is 6.09. The molecule has 21 heavy (non-hydrogen) atoms. The van der Waals surface area contributed by atoms with Crippen LogP contribution in [0.1, 0.15) is 5.56 Å². The highest BCUT2D eigenvalue weighted by molar-refractivity contribution is 7.99. The summed E-state index contributed by atoms with van der Waals surface area (Å²) >= 11 is 2.36. The van der Waals surface area contributed by atoms with E-state index in [4.69, 9.17) is 9.52 Å². The molecule has 0 saturated heterocycles. The number of fused-ring (bicyclic) bond motifs is 1. The molecule has 108 valence electrons. The predicted octanol–water partition coefficient (Wildman–Crippen LogP) is 2.28. The van der Waals surface area contributed by atoms with Gasteiger partial charge in [-0.1, -0.05) is 11.8 Å². The van der Waals surface area contributed by atoms with Crippen LogP contribution in [0.5, 0.6) is 0 Å². The molecule has 0 fully saturated rings. The second kappa shape index (κ2) is 5.74. The minimum Gasteiger partial charge on any atom is -0.481 e. The van der Waals surface area contributed by atoms with Crippen LogP contribution in [0, 0.1) is 0 Å². The SMILES string of the molecule is O=C(O)CSc1nc2ccsc2c(=O)n1Cc1ccoc1. The molecule has 3 aromatic rings. The molecule has 3 aromatic heterocycles. The molecule has 0 spiro atoms. The number of nitrogens with zero attached hydrogens (tertiary/aromatic N) is 2. The fourth-order valence-electron chi connectivity index (χ4n) is 1.86. The first-order valence-electron chi connectivity index (χ1n) is 5.99. The molecule has 3 rings (SSSR count). The number of thioether (sulfide) groups is 1. The number of carbonyl (C=O) groups is 1. The summed E-state index contributed by atoms with van der Waals surface area (Å²) in [7, 11) is 0. The Kier molecular flexibility index (Phi) is 3.80. The van der Waals surface area contributed by atoms with Gasteiger partial charge >= 0.3 is 5.97 Å². The highest BCUT2D eigenvalue weighted by Gasteiger charge is 2.14. The van der Waals surface area contributed by atoms with Crippen molar-refractivity contribution in [1.29, 1.82) is 0 Å². The van der Waals surface area contributed by atoms with Crippen molar-refractivity contribution in [3.05, 3.63) is 46.0 Å². The van der Waals surface area contributed by atoms with Crippen LogP contribution in [0.2, 0.25) is 0 Å². The number of aliphatic carboxylic acids is 1. The zero-order chi connectivity index (χ0) is 14.8. The fraction of sp³-hybridized carbons (Fsp3) is 0.154. The minimum absolute atomic E-state index is 0.145. The van der Waals surface area contributed by atoms with Gasteiger partial charge in [-0.05, 0) is 17.5 Å². The fourth-order valence-corrected chi connectivity index (χ4v) is 3.36. The molecule has 0 atom stereocenters. The van der Waals surface area contributed by atoms with Crippen molar-refractivity contribution in [3.63, 3.8) is 0 Å². The van der Waals surface area contributed by atoms with Crippen molar-refractivity contribution in [2.75, 3.05) is 5.75 Å². The number of carboxylic acid groups (broad SMARTS) is 1. The Bertz CT molecular complexity index is 836. The Morgan fingerprint density at radius 1 is 1.48 bits per heavy atom. The summed E-state index contributed by atoms with van der Waals surface area (Å²) in [5, 5.41) is 11.0. The van der Waals surface area contributed by atoms with E-state index in [1.807, 2.05) is 0 Å². The van der Waals surface area contributed by atoms with Crippen molar-refractivity contribution in [2.45, 2.75) is 11.7 Å². The smallest absolute Gasteiger partial charge is 0.313 e. The monoisotopic (exact) mass is 322 g/mol. The van der Waals surface area contributed by atoms with Gasteiger partial charge in [0.15, 0.2) is 5.16 Å². The third kappa shape index (κ3) is 2.86. The van der Waals surface area contributed by atoms with Gasteiger partial charge in [-0.15, -0.1) is 11.3 Å². The summed E-state index contributed by atoms with van der Waals surface area (Å²) in [5.41, 5.74) is 1.26. The second-order valence-electron chi connectivity index (χ2n) is 4.23. The molecule has 8 heteroatoms. The Hall–Kier alpha value is -2.06. The van der Waals surface area contributed by atoms with Gasteiger partial charge in [0.2, 0.25) is 0 Å². The van der Waals surface area contributed by atoms with Crippen molar-refractivity contribution in [1.82, 2.24) is 9.55 Å². The molecular weight excluding hydrogens is 312 g/mol. The number of rotatable bonds is 5. The van der Waals surface area contributed by atoms with E-state index in [0.29, 0.717) is 21.9 Å². The first-order valence-corrected chi connectivity index (χ1v) is 7.85. The zero-order valence-electron chi connectivity index (χ0n) is 10.7. The van der Waals surface area contributed by atoms with E-state index in [1.165, 1.54) is 22.2 Å². The number of carboxylic acids is 1. The number of hydrogen-bond acceptors (Lipinski definition) is 6. The number of furan rings is 1. The van der Waals surface area contributed by atoms with Gasteiger partial charge in [0.25, 0.3) is 5.56 Å². The molecule has 0 bridgehead atoms. The van der Waals surface area contributed by atoms with Crippen LogP contribution in [-0.4, -0.2) is 26.4 Å². The molecule has 6 nitrogen and oxygen atoms in total. The first kappa shape index (κ1) is 13.9. The van der Waals surface area contributed by atoms with Crippen LogP contribution in [0.4, 0.5) is 0 Å². The highest BCUT2D eigenvalue weighted by atomic mass is 32.2. The van der Waals surface area contributed by atoms with Gasteiger partial charge in [0.05, 0.1) is 30.3 Å². The van der Waals surface area contributed by atoms with Gasteiger partial charge in [0.1, 0.15) is 4.70 Å². The van der Waals surface area contributed by atoms with Gasteiger partial charge in [0, 0.05) is 5.56 Å². The maximum Gasteiger partial charge on any atom is 0.313 e. The van der Waals surface area contributed by atoms with E-state index >= 15 is 0 Å². The first-order chi connectivity index (χ1) is 10.1. The maximum atomic E-state index is 12.5. The number of aromatic nitrogens is 2. The lowest BCUT2D eigenvalue weighted by Gasteiger charge is -2.10. The lowest BCUT2D eigenvalue weighted by molar-refractivity contribution is -0.133. The summed E-state index contributed by atoms with van der Waals surface area (Å²) in [6.45, 7) is 0.304. The Balaban J connectivity index is 2.08. The van der Waals surface area contributed by atoms with Crippen molar-refractivity contribution < 1.29 is 14.3 Å². The van der Waals surface area contributed by atoms with E-state index in [1.54, 1.807) is 23.8 Å². The summed E-state index contributed by atoms with van der Waals surface area (Å²) in [6.07, 6.45) is 3.08. The van der Waals surface area contributed by atoms with E-state index < -0.39 is 5.97 Å². The molecule has 0 radical (unpaired) electrons. The van der Waals surface area contributed by atoms with Crippen LogP contribution < -0.4 is 5.56 Å². The van der Waals surface area contributed by atoms with Crippen molar-refractivity contribution in [3.8, 4) is 0 Å². The average molecular weight is 322 g/mol. The quantitative estimate of drug-likeness (QED) is 0.573. The molecular formula is C13H10N2O4S2. The van der Waals surface area contributed by atoms with Crippen molar-refractivity contribution in [2.24, 2.45) is 0 Å². The minimum atomic E-state index is -0.950. The number of thiophene rings is 1. The molecule has 0 unspecified atom stereocenters. The van der Waals surface area contributed by atoms with Crippen LogP contribution in [0.15, 0.2) is 44.4 Å². The van der Waals surface area contributed by atoms with Gasteiger partial charge in [-0.3, -0.25) is 14.2 Å². The molecule has 0 saturated carbocycles. The van der Waals surface area contributed by atoms with Gasteiger partial charge in [-0.25, -0.2) is 4.98 Å². The van der Waals surface area contributed by atoms with E-state index in [2.05, 4.69) is 4.98 Å². The van der Waals surface area contributed by atoms with E-state index in [0.717, 1.165) is 17.3 Å². The van der Waals surface area contributed by atoms with E-state index in [9.17, 15) is 9.59 Å². The topological polar surface area (TPSA) is 85.3 Å². The Morgan fingerprint density at radius 3 is 3.05 bits per heavy atom. The van der Waals surface area contributed by atoms with Crippen LogP contribution in [0.3, 0.4) is 0 Å². The summed E-state index contributed by atoms with van der Waals surface area (Å²) in [4.78, 5) is 27.7. The Labute approximate surface area is 127 Å². The molecule has 1 N–H and O–H groups in total.